The van der Waals surface area contributed by atoms with Crippen LogP contribution >= 0.6 is 0 Å². The van der Waals surface area contributed by atoms with Crippen LogP contribution in [0.1, 0.15) is 70.7 Å². The van der Waals surface area contributed by atoms with E-state index in [1.165, 1.54) is 108 Å². The molecule has 0 amide bonds. The zero-order chi connectivity index (χ0) is 95.6. The number of imidazole rings is 4. The van der Waals surface area contributed by atoms with E-state index in [0.29, 0.717) is 26.4 Å². The van der Waals surface area contributed by atoms with E-state index in [2.05, 4.69) is 485 Å². The Morgan fingerprint density at radius 2 is 0.417 bits per heavy atom. The summed E-state index contributed by atoms with van der Waals surface area (Å²) >= 11 is 0. The van der Waals surface area contributed by atoms with E-state index in [-0.39, 0.29) is 0 Å². The Morgan fingerprint density at radius 1 is 0.222 bits per heavy atom. The number of aromatic nitrogens is 12. The second-order valence-electron chi connectivity index (χ2n) is 37.9. The third-order valence-electron chi connectivity index (χ3n) is 28.5. The summed E-state index contributed by atoms with van der Waals surface area (Å²) in [7, 11) is 0. The van der Waals surface area contributed by atoms with Gasteiger partial charge in [-0.3, -0.25) is 0 Å². The van der Waals surface area contributed by atoms with Gasteiger partial charge in [0.1, 0.15) is 98.8 Å². The molecule has 698 valence electrons. The van der Waals surface area contributed by atoms with Crippen LogP contribution in [0.5, 0.6) is 23.0 Å². The number of hydrogen-bond donors (Lipinski definition) is 2. The molecule has 23 aromatic rings. The molecule has 2 N–H and O–H groups in total. The Kier molecular flexibility index (Phi) is 23.8. The largest absolute Gasteiger partial charge is 0.493 e. The number of benzene rings is 16. The molecule has 0 saturated heterocycles. The lowest BCUT2D eigenvalue weighted by Crippen LogP contribution is -2.31. The highest BCUT2D eigenvalue weighted by Gasteiger charge is 2.25. The van der Waals surface area contributed by atoms with Crippen LogP contribution in [0.4, 0.5) is 0 Å². The lowest BCUT2D eigenvalue weighted by atomic mass is 9.97. The molecule has 16 aromatic carbocycles. The zero-order valence-electron chi connectivity index (χ0n) is 80.0. The highest BCUT2D eigenvalue weighted by Crippen LogP contribution is 2.43. The van der Waals surface area contributed by atoms with Gasteiger partial charge >= 0.3 is 0 Å². The van der Waals surface area contributed by atoms with Gasteiger partial charge < -0.3 is 28.9 Å². The fraction of sp³-hybridized carbons (Fsp3) is 0.125. The molecular weight excluding hydrogens is 1770 g/mol. The summed E-state index contributed by atoms with van der Waals surface area (Å²) in [6.07, 6.45) is 38.2. The number of nitrogens with one attached hydrogen (secondary N) is 2. The number of rotatable bonds is 32. The molecular formula is C128H106N12O4+4. The van der Waals surface area contributed by atoms with E-state index in [1.807, 2.05) is 0 Å². The Labute approximate surface area is 834 Å². The first-order valence-corrected chi connectivity index (χ1v) is 50.1. The van der Waals surface area contributed by atoms with Gasteiger partial charge in [-0.15, -0.1) is 0 Å². The molecule has 2 aliphatic rings. The van der Waals surface area contributed by atoms with Gasteiger partial charge in [0.15, 0.2) is 0 Å². The van der Waals surface area contributed by atoms with Crippen LogP contribution in [0.15, 0.2) is 415 Å². The third kappa shape index (κ3) is 18.2. The molecule has 16 nitrogen and oxygen atoms in total. The summed E-state index contributed by atoms with van der Waals surface area (Å²) < 4.78 is 44.7. The topological polar surface area (TPSA) is 130 Å². The Balaban J connectivity index is 0.524. The number of aromatic amines is 2. The maximum Gasteiger partial charge on any atom is 0.244 e. The van der Waals surface area contributed by atoms with Crippen molar-refractivity contribution in [3.8, 4) is 67.5 Å². The molecule has 0 saturated carbocycles. The lowest BCUT2D eigenvalue weighted by Gasteiger charge is -2.10. The SMILES string of the molecule is C1=Cc2nc1c(-c1ccc(OCCC[n+]3ccn(Cc4c5ccccc5cc5ccccc45)c3)cc1)c1ccc([nH]1)c(-c1ccc(OCCC[n+]3ccn(Cc4c5ccccc5cc5ccccc45)c3)cc1)c1nc(c(-c3ccc(OCCC[n+]4ccn(Cc5c6ccccc6cc6ccccc56)c4)cc3)c3ccc([nH]3)c2-c2ccc(OCCC[n+]3ccn(Cc4c5ccccc5cc5ccccc45)c3)cc2)C=C1. The van der Waals surface area contributed by atoms with Crippen LogP contribution in [-0.4, -0.2) is 64.6 Å². The number of ether oxygens (including phenoxy) is 4. The predicted octanol–water partition coefficient (Wildman–Crippen LogP) is 27.0. The van der Waals surface area contributed by atoms with Gasteiger partial charge in [0, 0.05) is 92.3 Å². The van der Waals surface area contributed by atoms with Crippen molar-refractivity contribution in [2.24, 2.45) is 0 Å². The quantitative estimate of drug-likeness (QED) is 0.0245. The second-order valence-corrected chi connectivity index (χ2v) is 37.9. The molecule has 2 aliphatic heterocycles. The lowest BCUT2D eigenvalue weighted by molar-refractivity contribution is -0.697. The maximum atomic E-state index is 6.62. The molecule has 0 unspecified atom stereocenters. The summed E-state index contributed by atoms with van der Waals surface area (Å²) in [5.41, 5.74) is 19.6. The Bertz CT molecular complexity index is 7800. The molecule has 0 spiro atoms. The van der Waals surface area contributed by atoms with Gasteiger partial charge in [-0.2, -0.15) is 0 Å². The van der Waals surface area contributed by atoms with Crippen LogP contribution in [0.2, 0.25) is 0 Å². The summed E-state index contributed by atoms with van der Waals surface area (Å²) in [6, 6.07) is 122. The molecule has 25 rings (SSSR count). The molecule has 9 heterocycles. The van der Waals surface area contributed by atoms with Gasteiger partial charge in [-0.1, -0.05) is 243 Å². The molecule has 144 heavy (non-hydrogen) atoms. The average Bonchev–Trinajstić information content (AvgIpc) is 1.67. The first kappa shape index (κ1) is 87.7. The van der Waals surface area contributed by atoms with Gasteiger partial charge in [-0.05, 0) is 230 Å². The molecule has 0 fully saturated rings. The highest BCUT2D eigenvalue weighted by molar-refractivity contribution is 6.07. The molecule has 0 radical (unpaired) electrons. The van der Waals surface area contributed by atoms with Crippen molar-refractivity contribution in [1.82, 2.24) is 38.2 Å². The summed E-state index contributed by atoms with van der Waals surface area (Å²) in [5, 5.41) is 20.3. The van der Waals surface area contributed by atoms with E-state index in [4.69, 9.17) is 28.9 Å². The molecule has 16 heteroatoms. The first-order chi connectivity index (χ1) is 71.3. The Morgan fingerprint density at radius 3 is 0.618 bits per heavy atom. The van der Waals surface area contributed by atoms with E-state index in [0.717, 1.165) is 190 Å². The smallest absolute Gasteiger partial charge is 0.244 e. The van der Waals surface area contributed by atoms with Gasteiger partial charge in [0.2, 0.25) is 25.3 Å². The molecule has 0 atom stereocenters. The fourth-order valence-electron chi connectivity index (χ4n) is 21.5. The van der Waals surface area contributed by atoms with Crippen molar-refractivity contribution in [2.75, 3.05) is 26.4 Å². The molecule has 7 aromatic heterocycles. The van der Waals surface area contributed by atoms with Crippen molar-refractivity contribution in [2.45, 2.75) is 78.0 Å². The van der Waals surface area contributed by atoms with Gasteiger partial charge in [-0.25, -0.2) is 46.5 Å². The van der Waals surface area contributed by atoms with E-state index >= 15 is 0 Å². The average molecular weight is 1880 g/mol. The van der Waals surface area contributed by atoms with Crippen LogP contribution in [0.3, 0.4) is 0 Å². The number of H-pyrrole nitrogens is 2. The first-order valence-electron chi connectivity index (χ1n) is 50.1. The van der Waals surface area contributed by atoms with Crippen LogP contribution in [0, 0.1) is 0 Å². The monoisotopic (exact) mass is 1870 g/mol. The number of fused-ring (bicyclic) bond motifs is 16. The molecule has 0 aliphatic carbocycles. The fourth-order valence-corrected chi connectivity index (χ4v) is 21.5. The highest BCUT2D eigenvalue weighted by atomic mass is 16.5. The van der Waals surface area contributed by atoms with E-state index < -0.39 is 0 Å². The Hall–Kier alpha value is -17.8. The minimum absolute atomic E-state index is 0.539. The summed E-state index contributed by atoms with van der Waals surface area (Å²) in [5.74, 6) is 3.15. The van der Waals surface area contributed by atoms with Crippen LogP contribution in [0.25, 0.3) is 177 Å². The van der Waals surface area contributed by atoms with Crippen molar-refractivity contribution in [3.63, 3.8) is 0 Å². The normalized spacial score (nSPS) is 12.0. The number of nitrogens with zero attached hydrogens (tertiary/aromatic N) is 10. The van der Waals surface area contributed by atoms with Crippen molar-refractivity contribution in [3.05, 3.63) is 460 Å². The van der Waals surface area contributed by atoms with Crippen LogP contribution in [-0.2, 0) is 52.4 Å². The standard InChI is InChI=1S/C128H106N12O4/c1-9-29-105-93(21-1)77-94-22-2-10-30-106(94)113(105)81-137-69-65-133(85-137)61-17-73-141-101-45-37-89(38-46-101)125-117-53-55-119(129-117)126(90-39-47-102(48-40-90)142-74-18-62-134-66-70-138(86-134)82-114-107-31-11-3-23-95(107)78-96-24-4-12-32-108(96)114)121-57-59-123(131-121)128(92-43-51-104(52-44-92)144-76-20-64-136-68-72-140(88-136)84-116-111-35-15-7-27-99(111)80-100-28-8-16-36-112(100)116)124-60-58-122(132-124)127(120-56-54-118(125)130-120)91-41-49-103(50-42-91)143-75-19-63-135-67-71-139(87-135)83-115-109-33-13-5-25-97(109)79-98-26-6-14-34-110(98)115/h1-16,21-60,65-72,77-80,85-88,129,132H,17-20,61-64,73-76,81-84H2/q+4. The predicted molar refractivity (Wildman–Crippen MR) is 582 cm³/mol. The van der Waals surface area contributed by atoms with E-state index in [9.17, 15) is 0 Å². The van der Waals surface area contributed by atoms with Crippen LogP contribution < -0.4 is 37.2 Å². The van der Waals surface area contributed by atoms with Crippen molar-refractivity contribution < 1.29 is 37.2 Å². The van der Waals surface area contributed by atoms with Crippen molar-refractivity contribution >= 4 is 133 Å². The van der Waals surface area contributed by atoms with Crippen molar-refractivity contribution in [1.29, 1.82) is 0 Å². The summed E-state index contributed by atoms with van der Waals surface area (Å²) in [4.78, 5) is 19.5. The minimum Gasteiger partial charge on any atom is -0.493 e. The molecule has 8 bridgehead atoms. The van der Waals surface area contributed by atoms with Gasteiger partial charge in [0.05, 0.1) is 75.4 Å². The minimum atomic E-state index is 0.539. The second kappa shape index (κ2) is 39.1. The zero-order valence-corrected chi connectivity index (χ0v) is 80.0. The number of aryl methyl sites for hydroxylation is 4. The van der Waals surface area contributed by atoms with E-state index in [1.54, 1.807) is 0 Å². The number of hydrogen-bond acceptors (Lipinski definition) is 6. The van der Waals surface area contributed by atoms with Gasteiger partial charge in [0.25, 0.3) is 0 Å². The maximum absolute atomic E-state index is 6.62. The third-order valence-corrected chi connectivity index (χ3v) is 28.5. The summed E-state index contributed by atoms with van der Waals surface area (Å²) in [6.45, 7) is 8.45.